The molecule has 316 valence electrons. The van der Waals surface area contributed by atoms with E-state index in [0.717, 1.165) is 50.3 Å². The zero-order valence-electron chi connectivity index (χ0n) is 37.7. The Labute approximate surface area is 379 Å². The van der Waals surface area contributed by atoms with Gasteiger partial charge in [-0.05, 0) is 110 Å². The summed E-state index contributed by atoms with van der Waals surface area (Å²) >= 11 is 0. The summed E-state index contributed by atoms with van der Waals surface area (Å²) in [7, 11) is 0. The highest BCUT2D eigenvalue weighted by atomic mass is 16.5. The first kappa shape index (κ1) is 39.0. The van der Waals surface area contributed by atoms with Crippen LogP contribution in [0.5, 0.6) is 11.5 Å². The Bertz CT molecular complexity index is 3680. The van der Waals surface area contributed by atoms with Crippen LogP contribution in [0.2, 0.25) is 0 Å². The maximum atomic E-state index is 6.87. The summed E-state index contributed by atoms with van der Waals surface area (Å²) in [5.74, 6) is 2.44. The lowest BCUT2D eigenvalue weighted by Gasteiger charge is -2.29. The Morgan fingerprint density at radius 3 is 1.71 bits per heavy atom. The predicted octanol–water partition coefficient (Wildman–Crippen LogP) is 16.4. The minimum absolute atomic E-state index is 0.0159. The van der Waals surface area contributed by atoms with Crippen LogP contribution < -0.4 is 14.5 Å². The molecular weight excluding hydrogens is 793 g/mol. The first-order valence-electron chi connectivity index (χ1n) is 22.7. The molecular formula is C60H50N4O. The van der Waals surface area contributed by atoms with Gasteiger partial charge in [-0.15, -0.1) is 0 Å². The molecule has 2 aromatic heterocycles. The molecule has 1 aliphatic heterocycles. The number of anilines is 4. The number of benzene rings is 9. The third kappa shape index (κ3) is 6.40. The number of hydrogen-bond acceptors (Lipinski definition) is 4. The highest BCUT2D eigenvalue weighted by Crippen LogP contribution is 2.47. The molecule has 0 saturated carbocycles. The van der Waals surface area contributed by atoms with Crippen LogP contribution in [0.3, 0.4) is 0 Å². The number of rotatable bonds is 5. The largest absolute Gasteiger partial charge is 0.457 e. The molecule has 0 radical (unpaired) electrons. The number of pyridine rings is 1. The quantitative estimate of drug-likeness (QED) is 0.162. The van der Waals surface area contributed by atoms with Crippen molar-refractivity contribution in [3.05, 3.63) is 193 Å². The molecule has 0 atom stereocenters. The monoisotopic (exact) mass is 842 g/mol. The zero-order chi connectivity index (χ0) is 44.2. The molecule has 0 amide bonds. The normalized spacial score (nSPS) is 13.3. The van der Waals surface area contributed by atoms with Crippen LogP contribution in [-0.2, 0) is 10.8 Å². The van der Waals surface area contributed by atoms with Gasteiger partial charge in [-0.2, -0.15) is 0 Å². The van der Waals surface area contributed by atoms with Gasteiger partial charge in [0.25, 0.3) is 0 Å². The third-order valence-corrected chi connectivity index (χ3v) is 13.5. The molecule has 5 heteroatoms. The highest BCUT2D eigenvalue weighted by molar-refractivity contribution is 6.28. The summed E-state index contributed by atoms with van der Waals surface area (Å²) in [6, 6.07) is 65.8. The van der Waals surface area contributed by atoms with Crippen molar-refractivity contribution >= 4 is 87.8 Å². The van der Waals surface area contributed by atoms with Gasteiger partial charge < -0.3 is 14.5 Å². The fourth-order valence-electron chi connectivity index (χ4n) is 10.1. The maximum absolute atomic E-state index is 6.87. The lowest BCUT2D eigenvalue weighted by atomic mass is 9.80. The van der Waals surface area contributed by atoms with Crippen LogP contribution in [0.15, 0.2) is 182 Å². The molecule has 5 nitrogen and oxygen atoms in total. The van der Waals surface area contributed by atoms with Crippen molar-refractivity contribution in [3.8, 4) is 17.3 Å². The van der Waals surface area contributed by atoms with Gasteiger partial charge in [0.15, 0.2) is 0 Å². The molecule has 65 heavy (non-hydrogen) atoms. The second kappa shape index (κ2) is 14.4. The van der Waals surface area contributed by atoms with E-state index >= 15 is 0 Å². The Balaban J connectivity index is 0.968. The Morgan fingerprint density at radius 2 is 1.00 bits per heavy atom. The molecule has 3 heterocycles. The third-order valence-electron chi connectivity index (χ3n) is 13.5. The molecule has 0 N–H and O–H groups in total. The SMILES string of the molecule is CC(C)(C)c1cc(N2CN(c3cccc(Oc4ccc5c6ccccc6n(-c6nc7ccc8ccccc8c7c7c6ccc6ccccc67)c5c4)c3)c3ccccc32)cc(C(C)(C)C)c1. The summed E-state index contributed by atoms with van der Waals surface area (Å²) < 4.78 is 9.21. The maximum Gasteiger partial charge on any atom is 0.146 e. The van der Waals surface area contributed by atoms with Gasteiger partial charge in [0.2, 0.25) is 0 Å². The first-order chi connectivity index (χ1) is 31.5. The van der Waals surface area contributed by atoms with Crippen LogP contribution >= 0.6 is 0 Å². The minimum Gasteiger partial charge on any atom is -0.457 e. The molecule has 0 saturated heterocycles. The first-order valence-corrected chi connectivity index (χ1v) is 22.7. The van der Waals surface area contributed by atoms with Crippen molar-refractivity contribution in [1.82, 2.24) is 9.55 Å². The van der Waals surface area contributed by atoms with E-state index in [9.17, 15) is 0 Å². The van der Waals surface area contributed by atoms with E-state index in [0.29, 0.717) is 6.67 Å². The van der Waals surface area contributed by atoms with Crippen molar-refractivity contribution in [2.24, 2.45) is 0 Å². The Kier molecular flexibility index (Phi) is 8.67. The van der Waals surface area contributed by atoms with Crippen molar-refractivity contribution in [3.63, 3.8) is 0 Å². The van der Waals surface area contributed by atoms with Crippen molar-refractivity contribution < 1.29 is 4.74 Å². The van der Waals surface area contributed by atoms with Crippen LogP contribution in [0, 0.1) is 0 Å². The van der Waals surface area contributed by atoms with E-state index in [1.54, 1.807) is 0 Å². The van der Waals surface area contributed by atoms with Crippen molar-refractivity contribution in [2.75, 3.05) is 16.5 Å². The van der Waals surface area contributed by atoms with Gasteiger partial charge >= 0.3 is 0 Å². The summed E-state index contributed by atoms with van der Waals surface area (Å²) in [5, 5.41) is 10.7. The van der Waals surface area contributed by atoms with E-state index in [4.69, 9.17) is 9.72 Å². The molecule has 11 aromatic rings. The second-order valence-electron chi connectivity index (χ2n) is 19.7. The number of fused-ring (bicyclic) bond motifs is 11. The average Bonchev–Trinajstić information content (AvgIpc) is 3.86. The lowest BCUT2D eigenvalue weighted by Crippen LogP contribution is -2.25. The Morgan fingerprint density at radius 1 is 0.431 bits per heavy atom. The number of hydrogen-bond donors (Lipinski definition) is 0. The van der Waals surface area contributed by atoms with Gasteiger partial charge in [-0.3, -0.25) is 4.57 Å². The van der Waals surface area contributed by atoms with Crippen LogP contribution in [0.25, 0.3) is 70.8 Å². The van der Waals surface area contributed by atoms with Crippen LogP contribution in [0.1, 0.15) is 52.7 Å². The molecule has 9 aromatic carbocycles. The predicted molar refractivity (Wildman–Crippen MR) is 275 cm³/mol. The lowest BCUT2D eigenvalue weighted by molar-refractivity contribution is 0.483. The molecule has 0 unspecified atom stereocenters. The molecule has 0 bridgehead atoms. The molecule has 12 rings (SSSR count). The zero-order valence-corrected chi connectivity index (χ0v) is 37.7. The van der Waals surface area contributed by atoms with E-state index in [-0.39, 0.29) is 10.8 Å². The molecule has 0 fully saturated rings. The van der Waals surface area contributed by atoms with Crippen LogP contribution in [-0.4, -0.2) is 16.2 Å². The van der Waals surface area contributed by atoms with Crippen molar-refractivity contribution in [2.45, 2.75) is 52.4 Å². The van der Waals surface area contributed by atoms with E-state index < -0.39 is 0 Å². The fraction of sp³-hybridized carbons (Fsp3) is 0.150. The van der Waals surface area contributed by atoms with Crippen LogP contribution in [0.4, 0.5) is 22.7 Å². The highest BCUT2D eigenvalue weighted by Gasteiger charge is 2.30. The second-order valence-corrected chi connectivity index (χ2v) is 19.7. The number of ether oxygens (including phenoxy) is 1. The summed E-state index contributed by atoms with van der Waals surface area (Å²) in [4.78, 5) is 10.4. The van der Waals surface area contributed by atoms with Gasteiger partial charge in [0, 0.05) is 50.4 Å². The average molecular weight is 843 g/mol. The van der Waals surface area contributed by atoms with E-state index in [2.05, 4.69) is 238 Å². The molecule has 0 spiro atoms. The number of aromatic nitrogens is 2. The summed E-state index contributed by atoms with van der Waals surface area (Å²) in [6.45, 7) is 14.5. The van der Waals surface area contributed by atoms with Crippen molar-refractivity contribution in [1.29, 1.82) is 0 Å². The number of nitrogens with zero attached hydrogens (tertiary/aromatic N) is 4. The van der Waals surface area contributed by atoms with Gasteiger partial charge in [-0.25, -0.2) is 4.98 Å². The van der Waals surface area contributed by atoms with Gasteiger partial charge in [-0.1, -0.05) is 145 Å². The standard InChI is InChI=1S/C60H50N4O/c1-59(2,3)40-32-41(60(4,5)6)34-43(33-40)63-37-62(53-24-13-14-25-54(53)63)42-18-15-19-44(35-42)65-45-28-30-49-48-22-11-12-23-52(48)64(55(49)36-45)58-50-29-26-38-16-7-9-20-46(38)56(50)57-47-21-10-8-17-39(47)27-31-51(57)61-58/h7-36H,37H2,1-6H3. The van der Waals surface area contributed by atoms with Gasteiger partial charge in [0.1, 0.15) is 24.0 Å². The summed E-state index contributed by atoms with van der Waals surface area (Å²) in [5.41, 5.74) is 10.5. The Hall–Kier alpha value is -7.63. The smallest absolute Gasteiger partial charge is 0.146 e. The van der Waals surface area contributed by atoms with Gasteiger partial charge in [0.05, 0.1) is 27.9 Å². The topological polar surface area (TPSA) is 33.5 Å². The molecule has 1 aliphatic rings. The fourth-order valence-corrected chi connectivity index (χ4v) is 10.1. The number of para-hydroxylation sites is 3. The minimum atomic E-state index is 0.0159. The summed E-state index contributed by atoms with van der Waals surface area (Å²) in [6.07, 6.45) is 0. The van der Waals surface area contributed by atoms with E-state index in [1.807, 2.05) is 0 Å². The van der Waals surface area contributed by atoms with E-state index in [1.165, 1.54) is 65.9 Å². The molecule has 0 aliphatic carbocycles.